The zero-order valence-electron chi connectivity index (χ0n) is 9.15. The number of rotatable bonds is 3. The highest BCUT2D eigenvalue weighted by Crippen LogP contribution is 2.35. The molecule has 0 unspecified atom stereocenters. The first kappa shape index (κ1) is 13.8. The Balaban J connectivity index is 2.29. The molecule has 2 aromatic rings. The minimum absolute atomic E-state index is 0.141. The highest BCUT2D eigenvalue weighted by atomic mass is 79.9. The van der Waals surface area contributed by atoms with Gasteiger partial charge in [-0.15, -0.1) is 11.3 Å². The van der Waals surface area contributed by atoms with E-state index in [1.54, 1.807) is 18.3 Å². The quantitative estimate of drug-likeness (QED) is 0.900. The highest BCUT2D eigenvalue weighted by Gasteiger charge is 2.19. The van der Waals surface area contributed by atoms with E-state index in [0.29, 0.717) is 8.81 Å². The van der Waals surface area contributed by atoms with Gasteiger partial charge in [0.2, 0.25) is 0 Å². The Bertz CT molecular complexity index is 648. The molecule has 0 fully saturated rings. The Kier molecular flexibility index (Phi) is 3.96. The molecule has 0 aliphatic carbocycles. The van der Waals surface area contributed by atoms with Crippen LogP contribution in [0.5, 0.6) is 0 Å². The van der Waals surface area contributed by atoms with E-state index >= 15 is 0 Å². The van der Waals surface area contributed by atoms with Crippen LogP contribution in [0.4, 0.5) is 5.82 Å². The van der Waals surface area contributed by atoms with E-state index in [4.69, 9.17) is 11.6 Å². The predicted molar refractivity (Wildman–Crippen MR) is 76.8 cm³/mol. The van der Waals surface area contributed by atoms with Crippen LogP contribution in [0.1, 0.15) is 5.56 Å². The van der Waals surface area contributed by atoms with Gasteiger partial charge < -0.3 is 0 Å². The van der Waals surface area contributed by atoms with Gasteiger partial charge in [-0.2, -0.15) is 0 Å². The molecule has 0 aromatic carbocycles. The number of sulfonamides is 1. The van der Waals surface area contributed by atoms with Crippen LogP contribution in [0.3, 0.4) is 0 Å². The summed E-state index contributed by atoms with van der Waals surface area (Å²) < 4.78 is 27.2. The molecule has 0 saturated heterocycles. The van der Waals surface area contributed by atoms with Crippen molar-refractivity contribution in [2.45, 2.75) is 11.1 Å². The van der Waals surface area contributed by atoms with E-state index in [2.05, 4.69) is 25.6 Å². The van der Waals surface area contributed by atoms with Gasteiger partial charge >= 0.3 is 0 Å². The van der Waals surface area contributed by atoms with Crippen LogP contribution in [0.25, 0.3) is 0 Å². The van der Waals surface area contributed by atoms with E-state index in [1.807, 2.05) is 6.92 Å². The fourth-order valence-corrected chi connectivity index (χ4v) is 4.58. The minimum Gasteiger partial charge on any atom is -0.263 e. The van der Waals surface area contributed by atoms with Crippen LogP contribution in [0, 0.1) is 6.92 Å². The van der Waals surface area contributed by atoms with Gasteiger partial charge in [-0.3, -0.25) is 4.72 Å². The molecule has 2 aromatic heterocycles. The zero-order chi connectivity index (χ0) is 13.3. The Morgan fingerprint density at radius 3 is 2.67 bits per heavy atom. The Labute approximate surface area is 122 Å². The number of hydrogen-bond acceptors (Lipinski definition) is 4. The molecule has 2 rings (SSSR count). The molecule has 0 aliphatic rings. The first-order valence-corrected chi connectivity index (χ1v) is 8.26. The Morgan fingerprint density at radius 1 is 1.44 bits per heavy atom. The van der Waals surface area contributed by atoms with Gasteiger partial charge in [-0.05, 0) is 40.5 Å². The summed E-state index contributed by atoms with van der Waals surface area (Å²) in [5.74, 6) is 0.279. The molecule has 0 aliphatic heterocycles. The second-order valence-electron chi connectivity index (χ2n) is 3.51. The number of thiophene rings is 1. The van der Waals surface area contributed by atoms with Gasteiger partial charge in [-0.1, -0.05) is 17.7 Å². The summed E-state index contributed by atoms with van der Waals surface area (Å²) in [5, 5.41) is 0.372. The number of anilines is 1. The third kappa shape index (κ3) is 3.03. The maximum Gasteiger partial charge on any atom is 0.272 e. The fraction of sp³-hybridized carbons (Fsp3) is 0.100. The highest BCUT2D eigenvalue weighted by molar-refractivity contribution is 9.11. The van der Waals surface area contributed by atoms with Gasteiger partial charge in [0.15, 0.2) is 0 Å². The van der Waals surface area contributed by atoms with Crippen molar-refractivity contribution < 1.29 is 8.42 Å². The van der Waals surface area contributed by atoms with Crippen LogP contribution >= 0.6 is 38.9 Å². The number of nitrogens with one attached hydrogen (secondary N) is 1. The first-order chi connectivity index (χ1) is 8.38. The predicted octanol–water partition coefficient (Wildman–Crippen LogP) is 3.67. The topological polar surface area (TPSA) is 59.1 Å². The number of aryl methyl sites for hydroxylation is 1. The average Bonchev–Trinajstić information content (AvgIpc) is 2.63. The zero-order valence-corrected chi connectivity index (χ0v) is 13.1. The third-order valence-electron chi connectivity index (χ3n) is 2.04. The maximum atomic E-state index is 12.0. The van der Waals surface area contributed by atoms with Crippen LogP contribution in [0.15, 0.2) is 32.4 Å². The van der Waals surface area contributed by atoms with Crippen molar-refractivity contribution in [3.8, 4) is 0 Å². The lowest BCUT2D eigenvalue weighted by atomic mass is 10.3. The molecule has 8 heteroatoms. The first-order valence-electron chi connectivity index (χ1n) is 4.79. The number of halogens is 2. The second-order valence-corrected chi connectivity index (χ2v) is 8.20. The van der Waals surface area contributed by atoms with Gasteiger partial charge in [0.05, 0.1) is 8.81 Å². The smallest absolute Gasteiger partial charge is 0.263 e. The van der Waals surface area contributed by atoms with Crippen LogP contribution in [-0.4, -0.2) is 13.4 Å². The van der Waals surface area contributed by atoms with Gasteiger partial charge in [0.25, 0.3) is 10.0 Å². The molecule has 1 N–H and O–H groups in total. The van der Waals surface area contributed by atoms with Crippen molar-refractivity contribution in [3.63, 3.8) is 0 Å². The standard InChI is InChI=1S/C10H8BrClN2O2S2/c1-6-2-3-8(13-5-6)14-18(15,16)9-4-7(12)10(11)17-9/h2-5H,1H3,(H,13,14). The van der Waals surface area contributed by atoms with E-state index in [0.717, 1.165) is 16.9 Å². The Hall–Kier alpha value is -0.630. The summed E-state index contributed by atoms with van der Waals surface area (Å²) in [6, 6.07) is 4.78. The van der Waals surface area contributed by atoms with E-state index in [9.17, 15) is 8.42 Å². The van der Waals surface area contributed by atoms with Crippen molar-refractivity contribution in [1.29, 1.82) is 0 Å². The second kappa shape index (κ2) is 5.16. The summed E-state index contributed by atoms with van der Waals surface area (Å²) in [4.78, 5) is 3.99. The molecule has 0 amide bonds. The Morgan fingerprint density at radius 2 is 2.17 bits per heavy atom. The third-order valence-corrected chi connectivity index (χ3v) is 6.34. The fourth-order valence-electron chi connectivity index (χ4n) is 1.18. The van der Waals surface area contributed by atoms with Gasteiger partial charge in [0, 0.05) is 6.20 Å². The summed E-state index contributed by atoms with van der Waals surface area (Å²) in [6.45, 7) is 1.88. The molecular weight excluding hydrogens is 360 g/mol. The summed E-state index contributed by atoms with van der Waals surface area (Å²) in [6.07, 6.45) is 1.59. The molecule has 0 saturated carbocycles. The lowest BCUT2D eigenvalue weighted by molar-refractivity contribution is 0.603. The minimum atomic E-state index is -3.64. The van der Waals surface area contributed by atoms with Crippen LogP contribution in [0.2, 0.25) is 5.02 Å². The average molecular weight is 368 g/mol. The molecular formula is C10H8BrClN2O2S2. The van der Waals surface area contributed by atoms with Crippen LogP contribution in [-0.2, 0) is 10.0 Å². The number of nitrogens with zero attached hydrogens (tertiary/aromatic N) is 1. The van der Waals surface area contributed by atoms with Crippen molar-refractivity contribution in [2.24, 2.45) is 0 Å². The molecule has 2 heterocycles. The maximum absolute atomic E-state index is 12.0. The molecule has 0 radical (unpaired) electrons. The van der Waals surface area contributed by atoms with Crippen molar-refractivity contribution in [1.82, 2.24) is 4.98 Å². The number of aromatic nitrogens is 1. The molecule has 4 nitrogen and oxygen atoms in total. The summed E-state index contributed by atoms with van der Waals surface area (Å²) in [5.41, 5.74) is 0.958. The summed E-state index contributed by atoms with van der Waals surface area (Å²) in [7, 11) is -3.64. The van der Waals surface area contributed by atoms with E-state index < -0.39 is 10.0 Å². The van der Waals surface area contributed by atoms with Crippen molar-refractivity contribution >= 4 is 54.7 Å². The lowest BCUT2D eigenvalue weighted by Gasteiger charge is -2.04. The van der Waals surface area contributed by atoms with E-state index in [-0.39, 0.29) is 10.0 Å². The molecule has 0 spiro atoms. The largest absolute Gasteiger partial charge is 0.272 e. The number of hydrogen-bond donors (Lipinski definition) is 1. The molecule has 0 atom stereocenters. The van der Waals surface area contributed by atoms with Gasteiger partial charge in [-0.25, -0.2) is 13.4 Å². The van der Waals surface area contributed by atoms with Crippen molar-refractivity contribution in [3.05, 3.63) is 38.8 Å². The summed E-state index contributed by atoms with van der Waals surface area (Å²) >= 11 is 10.0. The monoisotopic (exact) mass is 366 g/mol. The normalized spacial score (nSPS) is 11.5. The molecule has 0 bridgehead atoms. The SMILES string of the molecule is Cc1ccc(NS(=O)(=O)c2cc(Cl)c(Br)s2)nc1. The lowest BCUT2D eigenvalue weighted by Crippen LogP contribution is -2.12. The van der Waals surface area contributed by atoms with E-state index in [1.165, 1.54) is 6.07 Å². The van der Waals surface area contributed by atoms with Crippen molar-refractivity contribution in [2.75, 3.05) is 4.72 Å². The molecule has 96 valence electrons. The molecule has 18 heavy (non-hydrogen) atoms. The van der Waals surface area contributed by atoms with Gasteiger partial charge in [0.1, 0.15) is 10.0 Å². The number of pyridine rings is 1. The van der Waals surface area contributed by atoms with Crippen LogP contribution < -0.4 is 4.72 Å².